The van der Waals surface area contributed by atoms with E-state index in [0.29, 0.717) is 28.1 Å². The van der Waals surface area contributed by atoms with Crippen LogP contribution in [-0.2, 0) is 6.54 Å². The predicted octanol–water partition coefficient (Wildman–Crippen LogP) is 3.91. The summed E-state index contributed by atoms with van der Waals surface area (Å²) in [6.45, 7) is -0.122. The molecule has 5 aromatic rings. The first kappa shape index (κ1) is 19.3. The largest absolute Gasteiger partial charge is 0.423 e. The molecule has 2 aromatic heterocycles. The second kappa shape index (κ2) is 7.55. The van der Waals surface area contributed by atoms with Crippen LogP contribution in [0.4, 0.5) is 4.39 Å². The number of rotatable bonds is 4. The molecule has 0 fully saturated rings. The average Bonchev–Trinajstić information content (AvgIpc) is 3.23. The maximum absolute atomic E-state index is 13.3. The van der Waals surface area contributed by atoms with Gasteiger partial charge in [0.15, 0.2) is 5.78 Å². The van der Waals surface area contributed by atoms with E-state index in [9.17, 15) is 14.0 Å². The predicted molar refractivity (Wildman–Crippen MR) is 117 cm³/mol. The Labute approximate surface area is 183 Å². The van der Waals surface area contributed by atoms with Gasteiger partial charge in [-0.3, -0.25) is 9.36 Å². The summed E-state index contributed by atoms with van der Waals surface area (Å²) in [5, 5.41) is 5.14. The fourth-order valence-electron chi connectivity index (χ4n) is 3.55. The van der Waals surface area contributed by atoms with E-state index in [4.69, 9.17) is 0 Å². The summed E-state index contributed by atoms with van der Waals surface area (Å²) < 4.78 is 16.8. The molecule has 31 heavy (non-hydrogen) atoms. The van der Waals surface area contributed by atoms with E-state index in [-0.39, 0.29) is 18.1 Å². The molecule has 0 bridgehead atoms. The van der Waals surface area contributed by atoms with Gasteiger partial charge in [0, 0.05) is 10.0 Å². The van der Waals surface area contributed by atoms with Crippen LogP contribution in [0.5, 0.6) is 0 Å². The number of carbonyl (C=O) groups excluding carboxylic acids is 1. The minimum Gasteiger partial charge on any atom is -0.292 e. The summed E-state index contributed by atoms with van der Waals surface area (Å²) in [6.07, 6.45) is 0. The highest BCUT2D eigenvalue weighted by molar-refractivity contribution is 9.10. The lowest BCUT2D eigenvalue weighted by Crippen LogP contribution is -2.31. The first-order valence-corrected chi connectivity index (χ1v) is 10.3. The van der Waals surface area contributed by atoms with Crippen molar-refractivity contribution < 1.29 is 14.2 Å². The maximum Gasteiger partial charge on any atom is 0.423 e. The number of nitrogens with one attached hydrogen (secondary N) is 1. The van der Waals surface area contributed by atoms with Crippen molar-refractivity contribution >= 4 is 38.3 Å². The third-order valence-electron chi connectivity index (χ3n) is 5.10. The zero-order valence-electron chi connectivity index (χ0n) is 16.0. The van der Waals surface area contributed by atoms with Gasteiger partial charge in [-0.1, -0.05) is 40.2 Å². The van der Waals surface area contributed by atoms with E-state index < -0.39 is 5.69 Å². The molecule has 0 aliphatic rings. The van der Waals surface area contributed by atoms with E-state index in [0.717, 1.165) is 9.86 Å². The lowest BCUT2D eigenvalue weighted by atomic mass is 10.1. The topological polar surface area (TPSA) is 70.5 Å². The number of Topliss-reactive ketones (excluding diaryl/α,β-unsaturated/α-hetero) is 1. The molecule has 6 nitrogen and oxygen atoms in total. The van der Waals surface area contributed by atoms with E-state index >= 15 is 0 Å². The minimum absolute atomic E-state index is 0.122. The van der Waals surface area contributed by atoms with Gasteiger partial charge < -0.3 is 0 Å². The SMILES string of the molecule is O=C(Cn1c(=O)n2nc(-c3ccc(F)cc3)[nH+]c2c2ccccc21)c1ccc(Br)cc1. The molecule has 0 atom stereocenters. The molecule has 0 radical (unpaired) electrons. The molecule has 0 aliphatic heterocycles. The van der Waals surface area contributed by atoms with Gasteiger partial charge >= 0.3 is 11.5 Å². The Balaban J connectivity index is 1.68. The number of para-hydroxylation sites is 1. The summed E-state index contributed by atoms with van der Waals surface area (Å²) in [5.74, 6) is -0.111. The maximum atomic E-state index is 13.3. The van der Waals surface area contributed by atoms with Gasteiger partial charge in [0.1, 0.15) is 5.82 Å². The molecule has 0 spiro atoms. The number of nitrogens with zero attached hydrogens (tertiary/aromatic N) is 3. The molecule has 0 saturated heterocycles. The molecule has 0 unspecified atom stereocenters. The van der Waals surface area contributed by atoms with E-state index in [1.807, 2.05) is 18.2 Å². The van der Waals surface area contributed by atoms with Crippen molar-refractivity contribution in [2.24, 2.45) is 0 Å². The van der Waals surface area contributed by atoms with Crippen LogP contribution in [0, 0.1) is 5.82 Å². The smallest absolute Gasteiger partial charge is 0.292 e. The van der Waals surface area contributed by atoms with E-state index in [2.05, 4.69) is 26.0 Å². The van der Waals surface area contributed by atoms with Crippen LogP contribution in [-0.4, -0.2) is 20.0 Å². The van der Waals surface area contributed by atoms with Crippen LogP contribution < -0.4 is 10.7 Å². The van der Waals surface area contributed by atoms with Crippen LogP contribution >= 0.6 is 15.9 Å². The Kier molecular flexibility index (Phi) is 4.71. The van der Waals surface area contributed by atoms with Crippen LogP contribution in [0.1, 0.15) is 10.4 Å². The highest BCUT2D eigenvalue weighted by atomic mass is 79.9. The summed E-state index contributed by atoms with van der Waals surface area (Å²) in [5.41, 5.74) is 1.84. The van der Waals surface area contributed by atoms with Crippen LogP contribution in [0.3, 0.4) is 0 Å². The van der Waals surface area contributed by atoms with Gasteiger partial charge in [0.05, 0.1) is 28.1 Å². The first-order valence-electron chi connectivity index (χ1n) is 9.49. The Hall–Kier alpha value is -3.65. The van der Waals surface area contributed by atoms with Gasteiger partial charge in [0.25, 0.3) is 5.65 Å². The number of aromatic amines is 1. The molecule has 0 amide bonds. The summed E-state index contributed by atoms with van der Waals surface area (Å²) in [4.78, 5) is 29.3. The standard InChI is InChI=1S/C23H14BrFN4O2/c24-16-9-5-14(6-10-16)20(30)13-28-19-4-2-1-3-18(19)22-26-21(27-29(22)23(28)31)15-7-11-17(25)12-8-15/h1-12H,13H2/p+1. The van der Waals surface area contributed by atoms with E-state index in [1.54, 1.807) is 42.5 Å². The molecule has 8 heteroatoms. The number of H-pyrrole nitrogens is 1. The van der Waals surface area contributed by atoms with Crippen molar-refractivity contribution in [3.63, 3.8) is 0 Å². The van der Waals surface area contributed by atoms with Crippen LogP contribution in [0.25, 0.3) is 27.9 Å². The van der Waals surface area contributed by atoms with Crippen molar-refractivity contribution in [1.82, 2.24) is 14.2 Å². The zero-order chi connectivity index (χ0) is 21.5. The van der Waals surface area contributed by atoms with Gasteiger partial charge in [-0.05, 0) is 53.0 Å². The molecular weight excluding hydrogens is 463 g/mol. The minimum atomic E-state index is -0.441. The van der Waals surface area contributed by atoms with E-state index in [1.165, 1.54) is 21.2 Å². The molecule has 1 N–H and O–H groups in total. The number of fused-ring (bicyclic) bond motifs is 3. The monoisotopic (exact) mass is 477 g/mol. The lowest BCUT2D eigenvalue weighted by Gasteiger charge is -2.08. The van der Waals surface area contributed by atoms with Crippen molar-refractivity contribution in [1.29, 1.82) is 0 Å². The van der Waals surface area contributed by atoms with Gasteiger partial charge in [0.2, 0.25) is 0 Å². The average molecular weight is 478 g/mol. The van der Waals surface area contributed by atoms with Gasteiger partial charge in [-0.2, -0.15) is 0 Å². The fraction of sp³-hybridized carbons (Fsp3) is 0.0435. The molecule has 0 saturated carbocycles. The normalized spacial score (nSPS) is 11.3. The Bertz CT molecular complexity index is 1510. The van der Waals surface area contributed by atoms with Crippen molar-refractivity contribution in [2.45, 2.75) is 6.54 Å². The van der Waals surface area contributed by atoms with Gasteiger partial charge in [-0.25, -0.2) is 14.2 Å². The third kappa shape index (κ3) is 3.44. The first-order chi connectivity index (χ1) is 15.0. The van der Waals surface area contributed by atoms with Crippen molar-refractivity contribution in [3.8, 4) is 11.4 Å². The number of halogens is 2. The Morgan fingerprint density at radius 3 is 2.45 bits per heavy atom. The summed E-state index contributed by atoms with van der Waals surface area (Å²) in [7, 11) is 0. The number of hydrogen-bond donors (Lipinski definition) is 0. The number of carbonyl (C=O) groups is 1. The summed E-state index contributed by atoms with van der Waals surface area (Å²) in [6, 6.07) is 20.2. The second-order valence-electron chi connectivity index (χ2n) is 7.06. The Morgan fingerprint density at radius 1 is 1.00 bits per heavy atom. The molecule has 152 valence electrons. The molecule has 5 rings (SSSR count). The molecule has 0 aliphatic carbocycles. The lowest BCUT2D eigenvalue weighted by molar-refractivity contribution is -0.331. The highest BCUT2D eigenvalue weighted by Crippen LogP contribution is 2.19. The molecule has 2 heterocycles. The van der Waals surface area contributed by atoms with Crippen LogP contribution in [0.2, 0.25) is 0 Å². The fourth-order valence-corrected chi connectivity index (χ4v) is 3.81. The van der Waals surface area contributed by atoms with Gasteiger partial charge in [-0.15, -0.1) is 0 Å². The quantitative estimate of drug-likeness (QED) is 0.368. The number of hydrogen-bond acceptors (Lipinski definition) is 3. The number of benzene rings is 3. The van der Waals surface area contributed by atoms with Crippen molar-refractivity contribution in [2.75, 3.05) is 0 Å². The number of ketones is 1. The van der Waals surface area contributed by atoms with Crippen molar-refractivity contribution in [3.05, 3.63) is 99.1 Å². The zero-order valence-corrected chi connectivity index (χ0v) is 17.6. The number of aromatic nitrogens is 4. The summed E-state index contributed by atoms with van der Waals surface area (Å²) >= 11 is 3.36. The molecular formula is C23H15BrFN4O2+. The third-order valence-corrected chi connectivity index (χ3v) is 5.62. The molecule has 3 aromatic carbocycles. The Morgan fingerprint density at radius 2 is 1.71 bits per heavy atom. The highest BCUT2D eigenvalue weighted by Gasteiger charge is 2.23. The van der Waals surface area contributed by atoms with Crippen LogP contribution in [0.15, 0.2) is 82.1 Å². The second-order valence-corrected chi connectivity index (χ2v) is 7.97.